The smallest absolute Gasteiger partial charge is 0.178 e. The van der Waals surface area contributed by atoms with Crippen molar-refractivity contribution in [1.29, 1.82) is 0 Å². The highest BCUT2D eigenvalue weighted by molar-refractivity contribution is 5.94. The summed E-state index contributed by atoms with van der Waals surface area (Å²) in [6.45, 7) is 8.44. The third kappa shape index (κ3) is 3.86. The lowest BCUT2D eigenvalue weighted by atomic mass is 10.0. The van der Waals surface area contributed by atoms with Crippen LogP contribution >= 0.6 is 0 Å². The van der Waals surface area contributed by atoms with Gasteiger partial charge in [0.1, 0.15) is 5.69 Å². The molecular weight excluding hydrogens is 262 g/mol. The summed E-state index contributed by atoms with van der Waals surface area (Å²) in [7, 11) is 0. The van der Waals surface area contributed by atoms with Crippen LogP contribution in [-0.2, 0) is 11.3 Å². The molecule has 2 rings (SSSR count). The van der Waals surface area contributed by atoms with Crippen molar-refractivity contribution >= 4 is 11.4 Å². The zero-order valence-corrected chi connectivity index (χ0v) is 12.4. The average Bonchev–Trinajstić information content (AvgIpc) is 2.48. The van der Waals surface area contributed by atoms with Crippen LogP contribution in [0, 0.1) is 6.92 Å². The van der Waals surface area contributed by atoms with Gasteiger partial charge in [-0.1, -0.05) is 36.9 Å². The van der Waals surface area contributed by atoms with Crippen molar-refractivity contribution in [2.24, 2.45) is 0 Å². The number of ketones is 1. The van der Waals surface area contributed by atoms with E-state index in [1.54, 1.807) is 6.20 Å². The Balaban J connectivity index is 2.01. The van der Waals surface area contributed by atoms with Gasteiger partial charge >= 0.3 is 0 Å². The molecule has 0 radical (unpaired) electrons. The van der Waals surface area contributed by atoms with Gasteiger partial charge in [-0.15, -0.1) is 0 Å². The number of carbonyl (C=O) groups excluding carboxylic acids is 1. The first-order valence-corrected chi connectivity index (χ1v) is 6.86. The Hall–Kier alpha value is -2.26. The Bertz CT molecular complexity index is 648. The highest BCUT2D eigenvalue weighted by Gasteiger charge is 2.11. The van der Waals surface area contributed by atoms with E-state index in [2.05, 4.69) is 11.6 Å². The normalized spacial score (nSPS) is 10.4. The van der Waals surface area contributed by atoms with Gasteiger partial charge in [0.2, 0.25) is 0 Å². The predicted octanol–water partition coefficient (Wildman–Crippen LogP) is 3.82. The molecule has 0 aliphatic carbocycles. The molecule has 0 spiro atoms. The lowest BCUT2D eigenvalue weighted by Gasteiger charge is -2.12. The minimum absolute atomic E-state index is 0.0349. The van der Waals surface area contributed by atoms with E-state index < -0.39 is 0 Å². The second-order valence-corrected chi connectivity index (χ2v) is 4.97. The van der Waals surface area contributed by atoms with E-state index in [0.717, 1.165) is 22.3 Å². The monoisotopic (exact) mass is 281 g/mol. The topological polar surface area (TPSA) is 39.2 Å². The minimum atomic E-state index is -0.0349. The van der Waals surface area contributed by atoms with Gasteiger partial charge < -0.3 is 4.74 Å². The second-order valence-electron chi connectivity index (χ2n) is 4.97. The highest BCUT2D eigenvalue weighted by atomic mass is 16.5. The Morgan fingerprint density at radius 3 is 2.62 bits per heavy atom. The summed E-state index contributed by atoms with van der Waals surface area (Å²) in [6, 6.07) is 11.9. The predicted molar refractivity (Wildman–Crippen MR) is 84.1 cm³/mol. The number of Topliss-reactive ketones (excluding diaryl/α,β-unsaturated/α-hetero) is 1. The third-order valence-electron chi connectivity index (χ3n) is 3.31. The van der Waals surface area contributed by atoms with Crippen molar-refractivity contribution in [3.8, 4) is 0 Å². The van der Waals surface area contributed by atoms with Crippen LogP contribution in [0.3, 0.4) is 0 Å². The molecule has 1 aromatic heterocycles. The molecule has 0 aliphatic rings. The minimum Gasteiger partial charge on any atom is -0.372 e. The van der Waals surface area contributed by atoms with Crippen LogP contribution in [0.15, 0.2) is 49.2 Å². The fraction of sp³-hybridized carbons (Fsp3) is 0.222. The van der Waals surface area contributed by atoms with Crippen LogP contribution in [0.5, 0.6) is 0 Å². The van der Waals surface area contributed by atoms with Crippen molar-refractivity contribution in [1.82, 2.24) is 4.98 Å². The van der Waals surface area contributed by atoms with Gasteiger partial charge in [-0.05, 0) is 35.3 Å². The second kappa shape index (κ2) is 6.95. The molecule has 2 aromatic rings. The van der Waals surface area contributed by atoms with E-state index in [0.29, 0.717) is 18.9 Å². The van der Waals surface area contributed by atoms with Gasteiger partial charge in [-0.2, -0.15) is 0 Å². The van der Waals surface area contributed by atoms with Crippen LogP contribution in [0.1, 0.15) is 34.1 Å². The summed E-state index contributed by atoms with van der Waals surface area (Å²) in [6.07, 6.45) is 1.64. The summed E-state index contributed by atoms with van der Waals surface area (Å²) < 4.78 is 5.69. The molecule has 0 aliphatic heterocycles. The maximum Gasteiger partial charge on any atom is 0.178 e. The standard InChI is InChI=1S/C18H19NO2/c1-13(11-21-12-16-7-5-4-6-8-16)17-9-10-19-18(14(17)2)15(3)20/h4-10H,1,11-12H2,2-3H3. The molecule has 0 fully saturated rings. The number of hydrogen-bond donors (Lipinski definition) is 0. The molecule has 1 heterocycles. The Morgan fingerprint density at radius 1 is 1.24 bits per heavy atom. The van der Waals surface area contributed by atoms with Gasteiger partial charge in [-0.3, -0.25) is 9.78 Å². The van der Waals surface area contributed by atoms with Gasteiger partial charge in [0.25, 0.3) is 0 Å². The van der Waals surface area contributed by atoms with Crippen LogP contribution in [0.4, 0.5) is 0 Å². The average molecular weight is 281 g/mol. The molecule has 1 aromatic carbocycles. The summed E-state index contributed by atoms with van der Waals surface area (Å²) in [5.41, 5.74) is 4.27. The lowest BCUT2D eigenvalue weighted by molar-refractivity contribution is 0.101. The maximum absolute atomic E-state index is 11.5. The van der Waals surface area contributed by atoms with Gasteiger partial charge in [0, 0.05) is 13.1 Å². The number of ether oxygens (including phenoxy) is 1. The lowest BCUT2D eigenvalue weighted by Crippen LogP contribution is -2.05. The first kappa shape index (κ1) is 15.1. The van der Waals surface area contributed by atoms with Crippen LogP contribution in [0.25, 0.3) is 5.57 Å². The molecule has 0 amide bonds. The Morgan fingerprint density at radius 2 is 1.95 bits per heavy atom. The van der Waals surface area contributed by atoms with E-state index in [4.69, 9.17) is 4.74 Å². The fourth-order valence-corrected chi connectivity index (χ4v) is 2.22. The van der Waals surface area contributed by atoms with E-state index in [9.17, 15) is 4.79 Å². The third-order valence-corrected chi connectivity index (χ3v) is 3.31. The number of rotatable bonds is 6. The number of nitrogens with zero attached hydrogens (tertiary/aromatic N) is 1. The highest BCUT2D eigenvalue weighted by Crippen LogP contribution is 2.20. The van der Waals surface area contributed by atoms with Crippen molar-refractivity contribution in [2.75, 3.05) is 6.61 Å². The van der Waals surface area contributed by atoms with Crippen molar-refractivity contribution < 1.29 is 9.53 Å². The zero-order chi connectivity index (χ0) is 15.2. The van der Waals surface area contributed by atoms with E-state index >= 15 is 0 Å². The molecule has 0 saturated heterocycles. The van der Waals surface area contributed by atoms with Crippen molar-refractivity contribution in [2.45, 2.75) is 20.5 Å². The summed E-state index contributed by atoms with van der Waals surface area (Å²) >= 11 is 0. The Labute approximate surface area is 125 Å². The molecule has 108 valence electrons. The van der Waals surface area contributed by atoms with Crippen LogP contribution in [0.2, 0.25) is 0 Å². The number of carbonyl (C=O) groups is 1. The molecule has 0 unspecified atom stereocenters. The van der Waals surface area contributed by atoms with E-state index in [-0.39, 0.29) is 5.78 Å². The number of hydrogen-bond acceptors (Lipinski definition) is 3. The van der Waals surface area contributed by atoms with Crippen molar-refractivity contribution in [3.63, 3.8) is 0 Å². The molecular formula is C18H19NO2. The SMILES string of the molecule is C=C(COCc1ccccc1)c1ccnc(C(C)=O)c1C. The molecule has 3 heteroatoms. The first-order chi connectivity index (χ1) is 10.1. The van der Waals surface area contributed by atoms with Crippen LogP contribution in [-0.4, -0.2) is 17.4 Å². The molecule has 3 nitrogen and oxygen atoms in total. The fourth-order valence-electron chi connectivity index (χ4n) is 2.22. The molecule has 21 heavy (non-hydrogen) atoms. The zero-order valence-electron chi connectivity index (χ0n) is 12.4. The molecule has 0 bridgehead atoms. The van der Waals surface area contributed by atoms with Gasteiger partial charge in [0.15, 0.2) is 5.78 Å². The number of pyridine rings is 1. The van der Waals surface area contributed by atoms with E-state index in [1.807, 2.05) is 43.3 Å². The summed E-state index contributed by atoms with van der Waals surface area (Å²) in [5, 5.41) is 0. The molecule has 0 N–H and O–H groups in total. The number of benzene rings is 1. The van der Waals surface area contributed by atoms with Gasteiger partial charge in [-0.25, -0.2) is 0 Å². The summed E-state index contributed by atoms with van der Waals surface area (Å²) in [5.74, 6) is -0.0349. The molecule has 0 atom stereocenters. The van der Waals surface area contributed by atoms with Gasteiger partial charge in [0.05, 0.1) is 13.2 Å². The maximum atomic E-state index is 11.5. The Kier molecular flexibility index (Phi) is 5.01. The largest absolute Gasteiger partial charge is 0.372 e. The van der Waals surface area contributed by atoms with Crippen LogP contribution < -0.4 is 0 Å². The quantitative estimate of drug-likeness (QED) is 0.755. The van der Waals surface area contributed by atoms with Crippen molar-refractivity contribution in [3.05, 3.63) is 71.6 Å². The van der Waals surface area contributed by atoms with E-state index in [1.165, 1.54) is 6.92 Å². The first-order valence-electron chi connectivity index (χ1n) is 6.86. The number of aromatic nitrogens is 1. The molecule has 0 saturated carbocycles. The summed E-state index contributed by atoms with van der Waals surface area (Å²) in [4.78, 5) is 15.6.